The molecule has 0 aliphatic carbocycles. The van der Waals surface area contributed by atoms with Gasteiger partial charge in [0.15, 0.2) is 0 Å². The van der Waals surface area contributed by atoms with Crippen LogP contribution in [0, 0.1) is 5.92 Å². The minimum atomic E-state index is -0.480. The molecule has 1 saturated heterocycles. The van der Waals surface area contributed by atoms with Crippen LogP contribution >= 0.6 is 23.2 Å². The fraction of sp³-hybridized carbons (Fsp3) is 0.500. The number of hydrogen-bond donors (Lipinski definition) is 2. The lowest BCUT2D eigenvalue weighted by Gasteiger charge is -2.28. The highest BCUT2D eigenvalue weighted by atomic mass is 35.5. The molecule has 0 saturated carbocycles. The minimum absolute atomic E-state index is 0.292. The van der Waals surface area contributed by atoms with Crippen LogP contribution < -0.4 is 5.32 Å². The van der Waals surface area contributed by atoms with Gasteiger partial charge in [-0.05, 0) is 49.5 Å². The second-order valence-electron chi connectivity index (χ2n) is 4.20. The van der Waals surface area contributed by atoms with Crippen molar-refractivity contribution in [3.8, 4) is 0 Å². The lowest BCUT2D eigenvalue weighted by Crippen LogP contribution is -2.30. The number of hydrogen-bond acceptors (Lipinski definition) is 2. The summed E-state index contributed by atoms with van der Waals surface area (Å²) < 4.78 is 0. The smallest absolute Gasteiger partial charge is 0.0833 e. The Morgan fingerprint density at radius 3 is 2.56 bits per heavy atom. The molecule has 1 aliphatic rings. The van der Waals surface area contributed by atoms with Crippen molar-refractivity contribution in [2.45, 2.75) is 18.9 Å². The van der Waals surface area contributed by atoms with Gasteiger partial charge in [0, 0.05) is 10.0 Å². The van der Waals surface area contributed by atoms with E-state index in [4.69, 9.17) is 23.2 Å². The molecule has 16 heavy (non-hydrogen) atoms. The van der Waals surface area contributed by atoms with Gasteiger partial charge in [-0.25, -0.2) is 0 Å². The van der Waals surface area contributed by atoms with Gasteiger partial charge in [0.25, 0.3) is 0 Å². The van der Waals surface area contributed by atoms with Crippen molar-refractivity contribution < 1.29 is 5.11 Å². The van der Waals surface area contributed by atoms with Gasteiger partial charge >= 0.3 is 0 Å². The Kier molecular flexibility index (Phi) is 4.09. The Bertz CT molecular complexity index is 364. The fourth-order valence-corrected chi connectivity index (χ4v) is 2.68. The predicted octanol–water partition coefficient (Wildman–Crippen LogP) is 3.03. The van der Waals surface area contributed by atoms with Crippen molar-refractivity contribution >= 4 is 23.2 Å². The first-order valence-electron chi connectivity index (χ1n) is 5.52. The SMILES string of the molecule is OC(c1ccc(Cl)cc1Cl)C1CCNCC1. The summed E-state index contributed by atoms with van der Waals surface area (Å²) in [5, 5.41) is 14.7. The number of piperidine rings is 1. The van der Waals surface area contributed by atoms with E-state index in [9.17, 15) is 5.11 Å². The molecule has 4 heteroatoms. The van der Waals surface area contributed by atoms with E-state index in [1.165, 1.54) is 0 Å². The van der Waals surface area contributed by atoms with E-state index in [1.807, 2.05) is 6.07 Å². The zero-order chi connectivity index (χ0) is 11.5. The molecule has 0 aromatic heterocycles. The van der Waals surface area contributed by atoms with Crippen LogP contribution in [0.5, 0.6) is 0 Å². The Balaban J connectivity index is 2.15. The van der Waals surface area contributed by atoms with E-state index in [2.05, 4.69) is 5.32 Å². The summed E-state index contributed by atoms with van der Waals surface area (Å²) in [6, 6.07) is 5.27. The van der Waals surface area contributed by atoms with E-state index in [0.717, 1.165) is 31.5 Å². The van der Waals surface area contributed by atoms with Crippen LogP contribution in [0.15, 0.2) is 18.2 Å². The Morgan fingerprint density at radius 1 is 1.25 bits per heavy atom. The first-order valence-corrected chi connectivity index (χ1v) is 6.28. The van der Waals surface area contributed by atoms with Crippen molar-refractivity contribution in [2.24, 2.45) is 5.92 Å². The second-order valence-corrected chi connectivity index (χ2v) is 5.04. The van der Waals surface area contributed by atoms with Crippen molar-refractivity contribution in [3.05, 3.63) is 33.8 Å². The summed E-state index contributed by atoms with van der Waals surface area (Å²) in [6.07, 6.45) is 1.49. The first-order chi connectivity index (χ1) is 7.68. The van der Waals surface area contributed by atoms with Crippen molar-refractivity contribution in [2.75, 3.05) is 13.1 Å². The molecular formula is C12H15Cl2NO. The third-order valence-electron chi connectivity index (χ3n) is 3.11. The lowest BCUT2D eigenvalue weighted by atomic mass is 9.88. The molecule has 0 radical (unpaired) electrons. The van der Waals surface area contributed by atoms with Crippen LogP contribution in [0.4, 0.5) is 0 Å². The third-order valence-corrected chi connectivity index (χ3v) is 3.67. The van der Waals surface area contributed by atoms with Gasteiger partial charge in [-0.1, -0.05) is 29.3 Å². The van der Waals surface area contributed by atoms with Crippen LogP contribution in [-0.4, -0.2) is 18.2 Å². The lowest BCUT2D eigenvalue weighted by molar-refractivity contribution is 0.0890. The fourth-order valence-electron chi connectivity index (χ4n) is 2.16. The van der Waals surface area contributed by atoms with Crippen LogP contribution in [0.25, 0.3) is 0 Å². The van der Waals surface area contributed by atoms with Gasteiger partial charge in [0.1, 0.15) is 0 Å². The topological polar surface area (TPSA) is 32.3 Å². The quantitative estimate of drug-likeness (QED) is 0.856. The number of aliphatic hydroxyl groups excluding tert-OH is 1. The summed E-state index contributed by atoms with van der Waals surface area (Å²) in [6.45, 7) is 1.93. The molecule has 1 aliphatic heterocycles. The minimum Gasteiger partial charge on any atom is -0.388 e. The van der Waals surface area contributed by atoms with Gasteiger partial charge in [0.2, 0.25) is 0 Å². The molecule has 1 unspecified atom stereocenters. The molecular weight excluding hydrogens is 245 g/mol. The Labute approximate surface area is 106 Å². The van der Waals surface area contributed by atoms with E-state index in [0.29, 0.717) is 16.0 Å². The van der Waals surface area contributed by atoms with E-state index >= 15 is 0 Å². The van der Waals surface area contributed by atoms with E-state index in [-0.39, 0.29) is 0 Å². The summed E-state index contributed by atoms with van der Waals surface area (Å²) >= 11 is 11.9. The molecule has 1 aromatic carbocycles. The summed E-state index contributed by atoms with van der Waals surface area (Å²) in [7, 11) is 0. The average Bonchev–Trinajstić information content (AvgIpc) is 2.29. The van der Waals surface area contributed by atoms with Crippen LogP contribution in [0.3, 0.4) is 0 Å². The maximum absolute atomic E-state index is 10.3. The molecule has 1 aromatic rings. The van der Waals surface area contributed by atoms with Crippen LogP contribution in [0.2, 0.25) is 10.0 Å². The van der Waals surface area contributed by atoms with E-state index < -0.39 is 6.10 Å². The number of benzene rings is 1. The summed E-state index contributed by atoms with van der Waals surface area (Å²) in [4.78, 5) is 0. The largest absolute Gasteiger partial charge is 0.388 e. The number of halogens is 2. The number of aliphatic hydroxyl groups is 1. The van der Waals surface area contributed by atoms with Crippen molar-refractivity contribution in [1.29, 1.82) is 0 Å². The first kappa shape index (κ1) is 12.2. The maximum atomic E-state index is 10.3. The number of nitrogens with one attached hydrogen (secondary N) is 1. The van der Waals surface area contributed by atoms with Crippen molar-refractivity contribution in [1.82, 2.24) is 5.32 Å². The van der Waals surface area contributed by atoms with Crippen molar-refractivity contribution in [3.63, 3.8) is 0 Å². The molecule has 0 spiro atoms. The predicted molar refractivity (Wildman–Crippen MR) is 67.0 cm³/mol. The number of rotatable bonds is 2. The Hall–Kier alpha value is -0.280. The van der Waals surface area contributed by atoms with Gasteiger partial charge in [-0.2, -0.15) is 0 Å². The normalized spacial score (nSPS) is 19.7. The second kappa shape index (κ2) is 5.37. The van der Waals surface area contributed by atoms with Gasteiger partial charge in [-0.3, -0.25) is 0 Å². The van der Waals surface area contributed by atoms with E-state index in [1.54, 1.807) is 12.1 Å². The van der Waals surface area contributed by atoms with Crippen LogP contribution in [0.1, 0.15) is 24.5 Å². The third kappa shape index (κ3) is 2.69. The molecule has 1 atom stereocenters. The summed E-state index contributed by atoms with van der Waals surface area (Å²) in [5.74, 6) is 0.292. The Morgan fingerprint density at radius 2 is 1.94 bits per heavy atom. The molecule has 0 amide bonds. The van der Waals surface area contributed by atoms with Crippen LogP contribution in [-0.2, 0) is 0 Å². The highest BCUT2D eigenvalue weighted by Crippen LogP contribution is 2.33. The molecule has 2 nitrogen and oxygen atoms in total. The zero-order valence-electron chi connectivity index (χ0n) is 8.92. The average molecular weight is 260 g/mol. The van der Waals surface area contributed by atoms with Gasteiger partial charge in [0.05, 0.1) is 6.10 Å². The summed E-state index contributed by atoms with van der Waals surface area (Å²) in [5.41, 5.74) is 0.790. The zero-order valence-corrected chi connectivity index (χ0v) is 10.4. The molecule has 2 N–H and O–H groups in total. The van der Waals surface area contributed by atoms with Gasteiger partial charge < -0.3 is 10.4 Å². The van der Waals surface area contributed by atoms with Gasteiger partial charge in [-0.15, -0.1) is 0 Å². The highest BCUT2D eigenvalue weighted by molar-refractivity contribution is 6.35. The standard InChI is InChI=1S/C12H15Cl2NO/c13-9-1-2-10(11(14)7-9)12(16)8-3-5-15-6-4-8/h1-2,7-8,12,15-16H,3-6H2. The maximum Gasteiger partial charge on any atom is 0.0833 e. The highest BCUT2D eigenvalue weighted by Gasteiger charge is 2.24. The monoisotopic (exact) mass is 259 g/mol. The molecule has 1 heterocycles. The molecule has 1 fully saturated rings. The molecule has 88 valence electrons. The molecule has 2 rings (SSSR count). The molecule has 0 bridgehead atoms.